The lowest BCUT2D eigenvalue weighted by atomic mass is 10.2. The SMILES string of the molecule is O=Cc1cn([C@@H]2C[C@H](F)[C@@H](CO)O2)c(=O)[nH]c1=O. The molecule has 2 N–H and O–H groups in total. The monoisotopic (exact) mass is 258 g/mol. The van der Waals surface area contributed by atoms with Gasteiger partial charge in [-0.15, -0.1) is 0 Å². The van der Waals surface area contributed by atoms with Crippen LogP contribution in [0.15, 0.2) is 15.8 Å². The van der Waals surface area contributed by atoms with Gasteiger partial charge in [-0.1, -0.05) is 0 Å². The zero-order valence-electron chi connectivity index (χ0n) is 9.21. The van der Waals surface area contributed by atoms with Crippen molar-refractivity contribution < 1.29 is 19.0 Å². The van der Waals surface area contributed by atoms with Crippen molar-refractivity contribution in [2.24, 2.45) is 0 Å². The second kappa shape index (κ2) is 4.83. The number of aliphatic hydroxyl groups is 1. The minimum absolute atomic E-state index is 0.129. The summed E-state index contributed by atoms with van der Waals surface area (Å²) in [7, 11) is 0. The van der Waals surface area contributed by atoms with E-state index in [-0.39, 0.29) is 12.0 Å². The van der Waals surface area contributed by atoms with Gasteiger partial charge in [0.2, 0.25) is 0 Å². The fourth-order valence-corrected chi connectivity index (χ4v) is 1.82. The van der Waals surface area contributed by atoms with Gasteiger partial charge in [0.15, 0.2) is 6.29 Å². The number of aliphatic hydroxyl groups excluding tert-OH is 1. The Balaban J connectivity index is 2.38. The molecule has 18 heavy (non-hydrogen) atoms. The number of alkyl halides is 1. The standard InChI is InChI=1S/C10H11FN2O5/c11-6-1-8(18-7(6)4-15)13-2-5(3-14)9(16)12-10(13)17/h2-3,6-8,15H,1,4H2,(H,12,16,17)/t6-,7+,8-/m0/s1. The summed E-state index contributed by atoms with van der Waals surface area (Å²) in [5, 5.41) is 8.85. The number of carbonyl (C=O) groups is 1. The molecule has 1 aromatic heterocycles. The molecule has 1 aliphatic rings. The average molecular weight is 258 g/mol. The van der Waals surface area contributed by atoms with Crippen molar-refractivity contribution in [3.63, 3.8) is 0 Å². The van der Waals surface area contributed by atoms with Crippen LogP contribution in [0.25, 0.3) is 0 Å². The van der Waals surface area contributed by atoms with Crippen LogP contribution in [0.2, 0.25) is 0 Å². The topological polar surface area (TPSA) is 101 Å². The van der Waals surface area contributed by atoms with Crippen molar-refractivity contribution in [2.45, 2.75) is 24.9 Å². The number of aromatic amines is 1. The molecule has 7 nitrogen and oxygen atoms in total. The zero-order chi connectivity index (χ0) is 13.3. The highest BCUT2D eigenvalue weighted by atomic mass is 19.1. The molecule has 98 valence electrons. The second-order valence-corrected chi connectivity index (χ2v) is 3.93. The van der Waals surface area contributed by atoms with Crippen LogP contribution < -0.4 is 11.2 Å². The predicted molar refractivity (Wildman–Crippen MR) is 57.2 cm³/mol. The molecule has 1 aliphatic heterocycles. The van der Waals surface area contributed by atoms with E-state index >= 15 is 0 Å². The fourth-order valence-electron chi connectivity index (χ4n) is 1.82. The van der Waals surface area contributed by atoms with Crippen molar-refractivity contribution in [3.05, 3.63) is 32.6 Å². The maximum absolute atomic E-state index is 13.4. The molecule has 3 atom stereocenters. The number of nitrogens with one attached hydrogen (secondary N) is 1. The molecule has 1 saturated heterocycles. The fraction of sp³-hybridized carbons (Fsp3) is 0.500. The van der Waals surface area contributed by atoms with Gasteiger partial charge in [0.05, 0.1) is 12.2 Å². The molecule has 0 unspecified atom stereocenters. The van der Waals surface area contributed by atoms with Gasteiger partial charge >= 0.3 is 5.69 Å². The van der Waals surface area contributed by atoms with Crippen LogP contribution in [0.3, 0.4) is 0 Å². The van der Waals surface area contributed by atoms with E-state index < -0.39 is 36.4 Å². The summed E-state index contributed by atoms with van der Waals surface area (Å²) >= 11 is 0. The number of nitrogens with zero attached hydrogens (tertiary/aromatic N) is 1. The van der Waals surface area contributed by atoms with E-state index in [2.05, 4.69) is 0 Å². The van der Waals surface area contributed by atoms with Crippen LogP contribution in [-0.4, -0.2) is 39.8 Å². The number of H-pyrrole nitrogens is 1. The number of ether oxygens (including phenoxy) is 1. The number of carbonyl (C=O) groups excluding carboxylic acids is 1. The van der Waals surface area contributed by atoms with Gasteiger partial charge in [-0.05, 0) is 0 Å². The number of hydrogen-bond acceptors (Lipinski definition) is 5. The zero-order valence-corrected chi connectivity index (χ0v) is 9.21. The quantitative estimate of drug-likeness (QED) is 0.675. The molecule has 0 saturated carbocycles. The minimum atomic E-state index is -1.40. The first kappa shape index (κ1) is 12.7. The minimum Gasteiger partial charge on any atom is -0.394 e. The number of aromatic nitrogens is 2. The van der Waals surface area contributed by atoms with E-state index in [9.17, 15) is 18.8 Å². The predicted octanol–water partition coefficient (Wildman–Crippen LogP) is -1.03. The molecule has 0 radical (unpaired) electrons. The highest BCUT2D eigenvalue weighted by Crippen LogP contribution is 2.29. The maximum Gasteiger partial charge on any atom is 0.330 e. The van der Waals surface area contributed by atoms with Gasteiger partial charge in [0.1, 0.15) is 18.5 Å². The van der Waals surface area contributed by atoms with Crippen LogP contribution >= 0.6 is 0 Å². The van der Waals surface area contributed by atoms with Crippen LogP contribution in [-0.2, 0) is 4.74 Å². The third kappa shape index (κ3) is 2.12. The van der Waals surface area contributed by atoms with Gasteiger partial charge in [0, 0.05) is 12.6 Å². The summed E-state index contributed by atoms with van der Waals surface area (Å²) in [5.41, 5.74) is -1.85. The van der Waals surface area contributed by atoms with Crippen molar-refractivity contribution in [3.8, 4) is 0 Å². The molecule has 0 spiro atoms. The van der Waals surface area contributed by atoms with E-state index in [1.807, 2.05) is 4.98 Å². The van der Waals surface area contributed by atoms with Gasteiger partial charge in [-0.3, -0.25) is 19.1 Å². The largest absolute Gasteiger partial charge is 0.394 e. The van der Waals surface area contributed by atoms with Crippen LogP contribution in [0.1, 0.15) is 23.0 Å². The summed E-state index contributed by atoms with van der Waals surface area (Å²) in [5.74, 6) is 0. The van der Waals surface area contributed by atoms with Crippen molar-refractivity contribution >= 4 is 6.29 Å². The first-order valence-electron chi connectivity index (χ1n) is 5.28. The molecular weight excluding hydrogens is 247 g/mol. The third-order valence-corrected chi connectivity index (χ3v) is 2.77. The molecule has 0 aromatic carbocycles. The summed E-state index contributed by atoms with van der Waals surface area (Å²) in [6.07, 6.45) is -2.17. The van der Waals surface area contributed by atoms with Crippen LogP contribution in [0.5, 0.6) is 0 Å². The molecule has 0 amide bonds. The third-order valence-electron chi connectivity index (χ3n) is 2.77. The Bertz CT molecular complexity index is 566. The molecular formula is C10H11FN2O5. The lowest BCUT2D eigenvalue weighted by molar-refractivity contribution is -0.0356. The van der Waals surface area contributed by atoms with Gasteiger partial charge in [-0.25, -0.2) is 9.18 Å². The average Bonchev–Trinajstić information content (AvgIpc) is 2.70. The molecule has 2 heterocycles. The summed E-state index contributed by atoms with van der Waals surface area (Å²) < 4.78 is 19.4. The normalized spacial score (nSPS) is 27.3. The van der Waals surface area contributed by atoms with Crippen molar-refractivity contribution in [2.75, 3.05) is 6.61 Å². The van der Waals surface area contributed by atoms with Gasteiger partial charge in [0.25, 0.3) is 5.56 Å². The molecule has 0 bridgehead atoms. The van der Waals surface area contributed by atoms with Crippen LogP contribution in [0.4, 0.5) is 4.39 Å². The van der Waals surface area contributed by atoms with Crippen LogP contribution in [0, 0.1) is 0 Å². The molecule has 2 rings (SSSR count). The summed E-state index contributed by atoms with van der Waals surface area (Å²) in [6, 6.07) is 0. The van der Waals surface area contributed by atoms with E-state index in [0.717, 1.165) is 10.8 Å². The Kier molecular flexibility index (Phi) is 3.39. The Morgan fingerprint density at radius 3 is 2.89 bits per heavy atom. The van der Waals surface area contributed by atoms with Gasteiger partial charge in [-0.2, -0.15) is 0 Å². The number of hydrogen-bond donors (Lipinski definition) is 2. The van der Waals surface area contributed by atoms with E-state index in [1.54, 1.807) is 0 Å². The van der Waals surface area contributed by atoms with E-state index in [4.69, 9.17) is 9.84 Å². The Hall–Kier alpha value is -1.80. The van der Waals surface area contributed by atoms with E-state index in [1.165, 1.54) is 0 Å². The lowest BCUT2D eigenvalue weighted by Crippen LogP contribution is -2.34. The number of aldehydes is 1. The number of halogens is 1. The maximum atomic E-state index is 13.4. The van der Waals surface area contributed by atoms with Gasteiger partial charge < -0.3 is 9.84 Å². The highest BCUT2D eigenvalue weighted by molar-refractivity contribution is 5.73. The van der Waals surface area contributed by atoms with E-state index in [0.29, 0.717) is 6.29 Å². The number of rotatable bonds is 3. The first-order chi connectivity index (χ1) is 8.56. The second-order valence-electron chi connectivity index (χ2n) is 3.93. The smallest absolute Gasteiger partial charge is 0.330 e. The molecule has 8 heteroatoms. The Labute approximate surface area is 99.8 Å². The highest BCUT2D eigenvalue weighted by Gasteiger charge is 2.36. The summed E-state index contributed by atoms with van der Waals surface area (Å²) in [6.45, 7) is -0.504. The lowest BCUT2D eigenvalue weighted by Gasteiger charge is -2.14. The first-order valence-corrected chi connectivity index (χ1v) is 5.28. The Morgan fingerprint density at radius 2 is 2.33 bits per heavy atom. The molecule has 1 fully saturated rings. The molecule has 1 aromatic rings. The molecule has 0 aliphatic carbocycles. The van der Waals surface area contributed by atoms with Crippen molar-refractivity contribution in [1.82, 2.24) is 9.55 Å². The Morgan fingerprint density at radius 1 is 1.61 bits per heavy atom. The summed E-state index contributed by atoms with van der Waals surface area (Å²) in [4.78, 5) is 35.2. The van der Waals surface area contributed by atoms with Crippen molar-refractivity contribution in [1.29, 1.82) is 0 Å².